The van der Waals surface area contributed by atoms with Crippen LogP contribution in [0.3, 0.4) is 0 Å². The van der Waals surface area contributed by atoms with E-state index in [0.29, 0.717) is 11.5 Å². The summed E-state index contributed by atoms with van der Waals surface area (Å²) in [6, 6.07) is 56.1. The molecule has 1 aliphatic heterocycles. The Labute approximate surface area is 345 Å². The normalized spacial score (nSPS) is 13.4. The molecule has 0 fully saturated rings. The van der Waals surface area contributed by atoms with Crippen LogP contribution in [0.1, 0.15) is 37.5 Å². The Balaban J connectivity index is 0.00000410. The Kier molecular flexibility index (Phi) is 9.07. The maximum atomic E-state index is 6.66. The van der Waals surface area contributed by atoms with Crippen molar-refractivity contribution < 1.29 is 25.8 Å². The van der Waals surface area contributed by atoms with Crippen LogP contribution in [0.25, 0.3) is 59.2 Å². The Morgan fingerprint density at radius 1 is 0.661 bits per heavy atom. The Bertz CT molecular complexity index is 2940. The third-order valence-electron chi connectivity index (χ3n) is 10.4. The molecule has 0 saturated heterocycles. The zero-order chi connectivity index (χ0) is 37.3. The number of aromatic nitrogens is 2. The van der Waals surface area contributed by atoms with Crippen molar-refractivity contribution in [3.63, 3.8) is 0 Å². The second kappa shape index (κ2) is 14.1. The molecule has 0 spiro atoms. The monoisotopic (exact) mass is 924 g/mol. The van der Waals surface area contributed by atoms with E-state index in [9.17, 15) is 0 Å². The van der Waals surface area contributed by atoms with Crippen molar-refractivity contribution in [1.82, 2.24) is 14.5 Å². The summed E-state index contributed by atoms with van der Waals surface area (Å²) in [6.07, 6.45) is 1.93. The van der Waals surface area contributed by atoms with Crippen LogP contribution in [0.15, 0.2) is 146 Å². The molecule has 0 bridgehead atoms. The van der Waals surface area contributed by atoms with Crippen LogP contribution >= 0.6 is 11.3 Å². The van der Waals surface area contributed by atoms with Gasteiger partial charge in [0.15, 0.2) is 0 Å². The molecular formula is C49H37N4OPtS-3. The molecule has 7 heteroatoms. The average Bonchev–Trinajstić information content (AvgIpc) is 3.87. The third kappa shape index (κ3) is 6.09. The number of benzene rings is 6. The van der Waals surface area contributed by atoms with Gasteiger partial charge < -0.3 is 19.1 Å². The fourth-order valence-corrected chi connectivity index (χ4v) is 8.94. The van der Waals surface area contributed by atoms with Gasteiger partial charge in [-0.15, -0.1) is 52.7 Å². The number of anilines is 1. The van der Waals surface area contributed by atoms with Crippen molar-refractivity contribution in [3.8, 4) is 17.3 Å². The van der Waals surface area contributed by atoms with Crippen molar-refractivity contribution in [1.29, 1.82) is 0 Å². The summed E-state index contributed by atoms with van der Waals surface area (Å²) in [6.45, 7) is 8.84. The van der Waals surface area contributed by atoms with Crippen molar-refractivity contribution in [2.24, 2.45) is 0 Å². The fraction of sp³-hybridized carbons (Fsp3) is 0.102. The molecule has 0 amide bonds. The number of fused-ring (bicyclic) bond motifs is 7. The maximum absolute atomic E-state index is 6.66. The van der Waals surface area contributed by atoms with Gasteiger partial charge in [-0.3, -0.25) is 0 Å². The van der Waals surface area contributed by atoms with Crippen LogP contribution in [-0.4, -0.2) is 21.5 Å². The molecule has 0 atom stereocenters. The van der Waals surface area contributed by atoms with E-state index in [1.807, 2.05) is 35.7 Å². The molecule has 0 aliphatic carbocycles. The minimum absolute atomic E-state index is 0. The molecule has 6 aromatic carbocycles. The number of ether oxygens (including phenoxy) is 1. The van der Waals surface area contributed by atoms with Gasteiger partial charge in [0.1, 0.15) is 5.82 Å². The van der Waals surface area contributed by atoms with Gasteiger partial charge in [-0.25, -0.2) is 4.98 Å². The van der Waals surface area contributed by atoms with Crippen molar-refractivity contribution >= 4 is 70.4 Å². The van der Waals surface area contributed by atoms with Gasteiger partial charge in [0.25, 0.3) is 0 Å². The summed E-state index contributed by atoms with van der Waals surface area (Å²) >= 11 is 1.83. The maximum Gasteiger partial charge on any atom is 0.135 e. The number of nitrogens with zero attached hydrogens (tertiary/aromatic N) is 4. The molecule has 56 heavy (non-hydrogen) atoms. The van der Waals surface area contributed by atoms with Crippen LogP contribution in [-0.2, 0) is 26.5 Å². The first kappa shape index (κ1) is 36.0. The summed E-state index contributed by atoms with van der Waals surface area (Å²) in [4.78, 5) is 9.36. The van der Waals surface area contributed by atoms with Gasteiger partial charge >= 0.3 is 0 Å². The molecule has 1 aliphatic rings. The summed E-state index contributed by atoms with van der Waals surface area (Å²) in [5, 5.41) is 4.74. The van der Waals surface area contributed by atoms with Crippen molar-refractivity contribution in [3.05, 3.63) is 181 Å². The van der Waals surface area contributed by atoms with Gasteiger partial charge in [0.05, 0.1) is 5.52 Å². The van der Waals surface area contributed by atoms with E-state index < -0.39 is 0 Å². The second-order valence-electron chi connectivity index (χ2n) is 15.0. The van der Waals surface area contributed by atoms with Crippen LogP contribution in [0, 0.1) is 18.8 Å². The Morgan fingerprint density at radius 3 is 2.12 bits per heavy atom. The molecule has 9 aromatic rings. The fourth-order valence-electron chi connectivity index (χ4n) is 7.83. The quantitative estimate of drug-likeness (QED) is 0.156. The van der Waals surface area contributed by atoms with Crippen LogP contribution < -0.4 is 9.64 Å². The third-order valence-corrected chi connectivity index (χ3v) is 11.6. The first-order valence-corrected chi connectivity index (χ1v) is 19.3. The van der Waals surface area contributed by atoms with Gasteiger partial charge in [-0.05, 0) is 58.8 Å². The zero-order valence-corrected chi connectivity index (χ0v) is 34.4. The van der Waals surface area contributed by atoms with E-state index in [0.717, 1.165) is 55.8 Å². The first-order valence-electron chi connectivity index (χ1n) is 18.5. The Morgan fingerprint density at radius 2 is 1.36 bits per heavy atom. The summed E-state index contributed by atoms with van der Waals surface area (Å²) < 4.78 is 11.5. The van der Waals surface area contributed by atoms with E-state index in [1.165, 1.54) is 25.7 Å². The number of rotatable bonds is 6. The molecule has 10 rings (SSSR count). The minimum Gasteiger partial charge on any atom is -0.509 e. The summed E-state index contributed by atoms with van der Waals surface area (Å²) in [5.41, 5.74) is 8.56. The smallest absolute Gasteiger partial charge is 0.135 e. The standard InChI is InChI=1S/C49H37N4OS.Pt/c1-49(2,3)34-26-27-50-44(28-34)53-41-30-37(22-23-38(41)39-24-25-43-45(48(39)53)40-20-11-12-21-42(40)55-43)54-36-19-13-18-35(29-36)52-31-51(4)46(32-14-7-5-8-15-32)47(52)33-16-9-6-10-17-33;/h5-28,31H,1-4H3;/q-3;. The molecule has 278 valence electrons. The molecule has 0 saturated carbocycles. The minimum atomic E-state index is -0.0430. The summed E-state index contributed by atoms with van der Waals surface area (Å²) in [7, 11) is 2.09. The van der Waals surface area contributed by atoms with Crippen LogP contribution in [0.5, 0.6) is 11.5 Å². The molecule has 0 unspecified atom stereocenters. The number of hydrogen-bond acceptors (Lipinski definition) is 5. The number of thiophene rings is 1. The van der Waals surface area contributed by atoms with Gasteiger partial charge in [-0.2, -0.15) is 18.8 Å². The van der Waals surface area contributed by atoms with Gasteiger partial charge in [0.2, 0.25) is 0 Å². The first-order chi connectivity index (χ1) is 26.8. The SMILES string of the molecule is CN1[CH-]N(c2[c-]c(Oc3[c-]c4c(cc3)c3ccc5sc6ccccc6c5c3n4-c3cc(C(C)(C)C)ccn3)ccc2)C(c2ccccc2)=C1c1ccccc1.[Pt]. The molecule has 3 aromatic heterocycles. The van der Waals surface area contributed by atoms with E-state index in [-0.39, 0.29) is 26.5 Å². The predicted octanol–water partition coefficient (Wildman–Crippen LogP) is 12.6. The molecular weight excluding hydrogens is 888 g/mol. The Hall–Kier alpha value is -5.68. The van der Waals surface area contributed by atoms with E-state index >= 15 is 0 Å². The number of pyridine rings is 1. The molecule has 5 nitrogen and oxygen atoms in total. The second-order valence-corrected chi connectivity index (χ2v) is 16.1. The molecule has 0 N–H and O–H groups in total. The van der Waals surface area contributed by atoms with Gasteiger partial charge in [-0.1, -0.05) is 111 Å². The topological polar surface area (TPSA) is 33.5 Å². The van der Waals surface area contributed by atoms with Gasteiger partial charge in [0, 0.05) is 70.3 Å². The van der Waals surface area contributed by atoms with Crippen molar-refractivity contribution in [2.45, 2.75) is 26.2 Å². The van der Waals surface area contributed by atoms with E-state index in [4.69, 9.17) is 9.72 Å². The van der Waals surface area contributed by atoms with E-state index in [1.54, 1.807) is 0 Å². The molecule has 0 radical (unpaired) electrons. The van der Waals surface area contributed by atoms with Crippen LogP contribution in [0.4, 0.5) is 5.69 Å². The predicted molar refractivity (Wildman–Crippen MR) is 229 cm³/mol. The van der Waals surface area contributed by atoms with Crippen LogP contribution in [0.2, 0.25) is 0 Å². The zero-order valence-electron chi connectivity index (χ0n) is 31.4. The largest absolute Gasteiger partial charge is 0.509 e. The molecule has 4 heterocycles. The summed E-state index contributed by atoms with van der Waals surface area (Å²) in [5.74, 6) is 2.07. The number of hydrogen-bond donors (Lipinski definition) is 0. The van der Waals surface area contributed by atoms with E-state index in [2.05, 4.69) is 182 Å². The average molecular weight is 925 g/mol. The van der Waals surface area contributed by atoms with Crippen molar-refractivity contribution in [2.75, 3.05) is 11.9 Å².